The molecule has 1 heterocycles. The van der Waals surface area contributed by atoms with Gasteiger partial charge in [0, 0.05) is 23.1 Å². The Balaban J connectivity index is 1.65. The van der Waals surface area contributed by atoms with E-state index in [4.69, 9.17) is 9.47 Å². The molecule has 7 nitrogen and oxygen atoms in total. The van der Waals surface area contributed by atoms with E-state index < -0.39 is 0 Å². The van der Waals surface area contributed by atoms with Crippen molar-refractivity contribution in [3.8, 4) is 11.5 Å². The number of aryl methyl sites for hydroxylation is 1. The molecule has 0 radical (unpaired) electrons. The summed E-state index contributed by atoms with van der Waals surface area (Å²) < 4.78 is 13.7. The van der Waals surface area contributed by atoms with Gasteiger partial charge in [0.05, 0.1) is 20.0 Å². The number of rotatable bonds is 9. The highest BCUT2D eigenvalue weighted by atomic mass is 79.9. The van der Waals surface area contributed by atoms with Crippen LogP contribution in [-0.2, 0) is 17.8 Å². The van der Waals surface area contributed by atoms with Gasteiger partial charge >= 0.3 is 0 Å². The Bertz CT molecular complexity index is 1070. The van der Waals surface area contributed by atoms with E-state index in [1.165, 1.54) is 11.8 Å². The van der Waals surface area contributed by atoms with Gasteiger partial charge in [-0.2, -0.15) is 0 Å². The summed E-state index contributed by atoms with van der Waals surface area (Å²) in [5.41, 5.74) is 2.88. The molecule has 0 unspecified atom stereocenters. The lowest BCUT2D eigenvalue weighted by Crippen LogP contribution is -2.15. The molecule has 0 atom stereocenters. The third kappa shape index (κ3) is 5.80. The molecule has 0 saturated carbocycles. The molecule has 1 N–H and O–H groups in total. The van der Waals surface area contributed by atoms with Gasteiger partial charge in [0.25, 0.3) is 0 Å². The summed E-state index contributed by atoms with van der Waals surface area (Å²) in [6.07, 6.45) is 0.603. The summed E-state index contributed by atoms with van der Waals surface area (Å²) in [6, 6.07) is 11.5. The Morgan fingerprint density at radius 1 is 1.13 bits per heavy atom. The molecule has 3 aromatic rings. The van der Waals surface area contributed by atoms with Gasteiger partial charge in [-0.25, -0.2) is 0 Å². The van der Waals surface area contributed by atoms with Crippen LogP contribution in [0.5, 0.6) is 11.5 Å². The fraction of sp³-hybridized carbons (Fsp3) is 0.318. The van der Waals surface area contributed by atoms with E-state index in [1.807, 2.05) is 54.8 Å². The van der Waals surface area contributed by atoms with Gasteiger partial charge in [-0.15, -0.1) is 10.2 Å². The molecule has 164 valence electrons. The summed E-state index contributed by atoms with van der Waals surface area (Å²) in [5, 5.41) is 12.3. The monoisotopic (exact) mass is 504 g/mol. The SMILES string of the molecule is CCn1c(Cc2ccc(OC)c(OC)c2)nnc1SCC(=O)Nc1ccc(Br)c(C)c1. The van der Waals surface area contributed by atoms with Gasteiger partial charge in [-0.05, 0) is 55.3 Å². The first-order valence-electron chi connectivity index (χ1n) is 9.77. The number of methoxy groups -OCH3 is 2. The van der Waals surface area contributed by atoms with Gasteiger partial charge in [0.15, 0.2) is 16.7 Å². The first-order chi connectivity index (χ1) is 14.9. The first kappa shape index (κ1) is 23.1. The molecular weight excluding hydrogens is 480 g/mol. The molecule has 2 aromatic carbocycles. The van der Waals surface area contributed by atoms with E-state index in [9.17, 15) is 4.79 Å². The Morgan fingerprint density at radius 2 is 1.90 bits per heavy atom. The molecule has 9 heteroatoms. The zero-order valence-electron chi connectivity index (χ0n) is 17.9. The van der Waals surface area contributed by atoms with Crippen LogP contribution < -0.4 is 14.8 Å². The molecule has 0 spiro atoms. The lowest BCUT2D eigenvalue weighted by molar-refractivity contribution is -0.113. The number of aromatic nitrogens is 3. The summed E-state index contributed by atoms with van der Waals surface area (Å²) >= 11 is 4.84. The van der Waals surface area contributed by atoms with E-state index in [0.717, 1.165) is 32.3 Å². The van der Waals surface area contributed by atoms with Crippen molar-refractivity contribution < 1.29 is 14.3 Å². The van der Waals surface area contributed by atoms with Gasteiger partial charge < -0.3 is 19.4 Å². The molecule has 0 bridgehead atoms. The molecule has 3 rings (SSSR count). The van der Waals surface area contributed by atoms with Crippen LogP contribution >= 0.6 is 27.7 Å². The average molecular weight is 505 g/mol. The minimum absolute atomic E-state index is 0.0844. The topological polar surface area (TPSA) is 78.3 Å². The Labute approximate surface area is 194 Å². The number of anilines is 1. The summed E-state index contributed by atoms with van der Waals surface area (Å²) in [7, 11) is 3.23. The van der Waals surface area contributed by atoms with Gasteiger partial charge in [-0.1, -0.05) is 33.8 Å². The first-order valence-corrected chi connectivity index (χ1v) is 11.5. The van der Waals surface area contributed by atoms with Crippen molar-refractivity contribution in [1.29, 1.82) is 0 Å². The van der Waals surface area contributed by atoms with E-state index in [2.05, 4.69) is 31.4 Å². The second-order valence-corrected chi connectivity index (χ2v) is 8.61. The number of halogens is 1. The maximum atomic E-state index is 12.4. The summed E-state index contributed by atoms with van der Waals surface area (Å²) in [5.74, 6) is 2.37. The predicted octanol–water partition coefficient (Wildman–Crippen LogP) is 4.71. The van der Waals surface area contributed by atoms with Crippen molar-refractivity contribution in [2.24, 2.45) is 0 Å². The minimum atomic E-state index is -0.0844. The van der Waals surface area contributed by atoms with Gasteiger partial charge in [0.2, 0.25) is 5.91 Å². The smallest absolute Gasteiger partial charge is 0.234 e. The van der Waals surface area contributed by atoms with Crippen molar-refractivity contribution >= 4 is 39.3 Å². The number of ether oxygens (including phenoxy) is 2. The van der Waals surface area contributed by atoms with Crippen LogP contribution in [0.25, 0.3) is 0 Å². The molecule has 0 aliphatic rings. The number of nitrogens with zero attached hydrogens (tertiary/aromatic N) is 3. The zero-order chi connectivity index (χ0) is 22.4. The Kier molecular flexibility index (Phi) is 7.97. The lowest BCUT2D eigenvalue weighted by Gasteiger charge is -2.11. The van der Waals surface area contributed by atoms with E-state index in [-0.39, 0.29) is 11.7 Å². The number of hydrogen-bond donors (Lipinski definition) is 1. The van der Waals surface area contributed by atoms with Crippen molar-refractivity contribution in [1.82, 2.24) is 14.8 Å². The highest BCUT2D eigenvalue weighted by Crippen LogP contribution is 2.29. The highest BCUT2D eigenvalue weighted by molar-refractivity contribution is 9.10. The second-order valence-electron chi connectivity index (χ2n) is 6.81. The number of carbonyl (C=O) groups is 1. The minimum Gasteiger partial charge on any atom is -0.493 e. The fourth-order valence-electron chi connectivity index (χ4n) is 3.10. The molecule has 1 aromatic heterocycles. The van der Waals surface area contributed by atoms with E-state index >= 15 is 0 Å². The van der Waals surface area contributed by atoms with Crippen LogP contribution in [0.1, 0.15) is 23.9 Å². The maximum absolute atomic E-state index is 12.4. The molecule has 0 aliphatic carbocycles. The maximum Gasteiger partial charge on any atom is 0.234 e. The number of benzene rings is 2. The normalized spacial score (nSPS) is 10.7. The van der Waals surface area contributed by atoms with E-state index in [1.54, 1.807) is 14.2 Å². The van der Waals surface area contributed by atoms with Crippen LogP contribution in [0.15, 0.2) is 46.0 Å². The zero-order valence-corrected chi connectivity index (χ0v) is 20.3. The van der Waals surface area contributed by atoms with Crippen molar-refractivity contribution in [3.63, 3.8) is 0 Å². The molecule has 0 aliphatic heterocycles. The van der Waals surface area contributed by atoms with Gasteiger partial charge in [-0.3, -0.25) is 4.79 Å². The molecule has 0 saturated heterocycles. The summed E-state index contributed by atoms with van der Waals surface area (Å²) in [4.78, 5) is 12.4. The third-order valence-corrected chi connectivity index (χ3v) is 6.55. The fourth-order valence-corrected chi connectivity index (χ4v) is 4.16. The van der Waals surface area contributed by atoms with E-state index in [0.29, 0.717) is 24.5 Å². The number of hydrogen-bond acceptors (Lipinski definition) is 6. The summed E-state index contributed by atoms with van der Waals surface area (Å²) in [6.45, 7) is 4.74. The largest absolute Gasteiger partial charge is 0.493 e. The third-order valence-electron chi connectivity index (χ3n) is 4.69. The van der Waals surface area contributed by atoms with Crippen molar-refractivity contribution in [2.45, 2.75) is 32.0 Å². The number of amides is 1. The lowest BCUT2D eigenvalue weighted by atomic mass is 10.1. The van der Waals surface area contributed by atoms with Crippen LogP contribution in [0, 0.1) is 6.92 Å². The standard InChI is InChI=1S/C22H25BrN4O3S/c1-5-27-20(12-15-6-9-18(29-3)19(11-15)30-4)25-26-22(27)31-13-21(28)24-16-7-8-17(23)14(2)10-16/h6-11H,5,12-13H2,1-4H3,(H,24,28). The highest BCUT2D eigenvalue weighted by Gasteiger charge is 2.15. The number of thioether (sulfide) groups is 1. The average Bonchev–Trinajstić information content (AvgIpc) is 3.16. The van der Waals surface area contributed by atoms with Crippen LogP contribution in [0.2, 0.25) is 0 Å². The number of carbonyl (C=O) groups excluding carboxylic acids is 1. The molecule has 0 fully saturated rings. The Morgan fingerprint density at radius 3 is 2.58 bits per heavy atom. The number of nitrogens with one attached hydrogen (secondary N) is 1. The second kappa shape index (κ2) is 10.7. The van der Waals surface area contributed by atoms with Gasteiger partial charge in [0.1, 0.15) is 5.82 Å². The van der Waals surface area contributed by atoms with Crippen LogP contribution in [0.4, 0.5) is 5.69 Å². The molecule has 1 amide bonds. The quantitative estimate of drug-likeness (QED) is 0.425. The van der Waals surface area contributed by atoms with Crippen LogP contribution in [0.3, 0.4) is 0 Å². The molecular formula is C22H25BrN4O3S. The van der Waals surface area contributed by atoms with Crippen molar-refractivity contribution in [3.05, 3.63) is 57.8 Å². The molecule has 31 heavy (non-hydrogen) atoms. The van der Waals surface area contributed by atoms with Crippen LogP contribution in [-0.4, -0.2) is 40.6 Å². The predicted molar refractivity (Wildman–Crippen MR) is 126 cm³/mol. The Hall–Kier alpha value is -2.52. The van der Waals surface area contributed by atoms with Crippen molar-refractivity contribution in [2.75, 3.05) is 25.3 Å².